The molecule has 0 spiro atoms. The van der Waals surface area contributed by atoms with E-state index in [-0.39, 0.29) is 11.8 Å². The molecule has 6 heteroatoms. The second-order valence-corrected chi connectivity index (χ2v) is 6.32. The Morgan fingerprint density at radius 3 is 2.07 bits per heavy atom. The zero-order valence-electron chi connectivity index (χ0n) is 16.7. The van der Waals surface area contributed by atoms with Gasteiger partial charge in [0.1, 0.15) is 11.5 Å². The minimum Gasteiger partial charge on any atom is -0.497 e. The summed E-state index contributed by atoms with van der Waals surface area (Å²) in [4.78, 5) is 24.5. The van der Waals surface area contributed by atoms with Crippen LogP contribution in [0.15, 0.2) is 78.9 Å². The quantitative estimate of drug-likeness (QED) is 0.566. The number of ether oxygens (including phenoxy) is 2. The van der Waals surface area contributed by atoms with Crippen molar-refractivity contribution in [3.63, 3.8) is 0 Å². The van der Waals surface area contributed by atoms with Crippen LogP contribution in [0.1, 0.15) is 15.9 Å². The van der Waals surface area contributed by atoms with E-state index in [2.05, 4.69) is 10.6 Å². The minimum atomic E-state index is -0.281. The Morgan fingerprint density at radius 1 is 0.767 bits per heavy atom. The van der Waals surface area contributed by atoms with Gasteiger partial charge >= 0.3 is 0 Å². The lowest BCUT2D eigenvalue weighted by molar-refractivity contribution is -0.111. The number of carbonyl (C=O) groups excluding carboxylic acids is 2. The first-order valence-corrected chi connectivity index (χ1v) is 9.26. The van der Waals surface area contributed by atoms with Crippen LogP contribution >= 0.6 is 0 Å². The number of carbonyl (C=O) groups is 2. The van der Waals surface area contributed by atoms with Crippen molar-refractivity contribution in [3.05, 3.63) is 90.0 Å². The lowest BCUT2D eigenvalue weighted by Crippen LogP contribution is -2.12. The Kier molecular flexibility index (Phi) is 6.84. The van der Waals surface area contributed by atoms with Gasteiger partial charge in [0.25, 0.3) is 5.91 Å². The van der Waals surface area contributed by atoms with Gasteiger partial charge < -0.3 is 20.1 Å². The Hall–Kier alpha value is -4.06. The second kappa shape index (κ2) is 9.93. The van der Waals surface area contributed by atoms with Crippen LogP contribution < -0.4 is 20.1 Å². The highest BCUT2D eigenvalue weighted by Crippen LogP contribution is 2.19. The number of nitrogens with one attached hydrogen (secondary N) is 2. The zero-order chi connectivity index (χ0) is 21.3. The van der Waals surface area contributed by atoms with Gasteiger partial charge in [0, 0.05) is 28.6 Å². The molecule has 0 saturated carbocycles. The van der Waals surface area contributed by atoms with Crippen molar-refractivity contribution in [2.45, 2.75) is 0 Å². The molecule has 0 unspecified atom stereocenters. The molecular weight excluding hydrogens is 380 g/mol. The fourth-order valence-corrected chi connectivity index (χ4v) is 2.74. The normalized spacial score (nSPS) is 10.5. The van der Waals surface area contributed by atoms with Crippen molar-refractivity contribution in [3.8, 4) is 11.5 Å². The van der Waals surface area contributed by atoms with Crippen LogP contribution in [0.2, 0.25) is 0 Å². The standard InChI is InChI=1S/C24H22N2O4/c1-29-21-14-12-20(13-15-21)26-24(28)18-7-10-19(11-8-18)25-23(27)16-9-17-5-3-4-6-22(17)30-2/h3-16H,1-2H3,(H,25,27)(H,26,28). The molecule has 3 aromatic rings. The van der Waals surface area contributed by atoms with Crippen LogP contribution in [0.25, 0.3) is 6.08 Å². The fraction of sp³-hybridized carbons (Fsp3) is 0.0833. The van der Waals surface area contributed by atoms with Crippen molar-refractivity contribution in [1.82, 2.24) is 0 Å². The molecule has 0 aliphatic heterocycles. The van der Waals surface area contributed by atoms with E-state index in [1.165, 1.54) is 6.08 Å². The predicted octanol–water partition coefficient (Wildman–Crippen LogP) is 4.61. The van der Waals surface area contributed by atoms with Gasteiger partial charge in [-0.05, 0) is 60.7 Å². The molecule has 2 N–H and O–H groups in total. The monoisotopic (exact) mass is 402 g/mol. The van der Waals surface area contributed by atoms with Crippen molar-refractivity contribution < 1.29 is 19.1 Å². The largest absolute Gasteiger partial charge is 0.497 e. The van der Waals surface area contributed by atoms with Gasteiger partial charge in [-0.3, -0.25) is 9.59 Å². The molecule has 3 rings (SSSR count). The van der Waals surface area contributed by atoms with E-state index in [1.807, 2.05) is 24.3 Å². The van der Waals surface area contributed by atoms with Crippen LogP contribution in [0.4, 0.5) is 11.4 Å². The molecule has 0 saturated heterocycles. The summed E-state index contributed by atoms with van der Waals surface area (Å²) in [5, 5.41) is 5.58. The third-order valence-corrected chi connectivity index (χ3v) is 4.32. The van der Waals surface area contributed by atoms with Crippen molar-refractivity contribution in [1.29, 1.82) is 0 Å². The highest BCUT2D eigenvalue weighted by atomic mass is 16.5. The van der Waals surface area contributed by atoms with Crippen molar-refractivity contribution in [2.24, 2.45) is 0 Å². The highest BCUT2D eigenvalue weighted by Gasteiger charge is 2.07. The third kappa shape index (κ3) is 5.48. The van der Waals surface area contributed by atoms with E-state index in [4.69, 9.17) is 9.47 Å². The van der Waals surface area contributed by atoms with Crippen LogP contribution in [0.5, 0.6) is 11.5 Å². The zero-order valence-corrected chi connectivity index (χ0v) is 16.7. The first-order valence-electron chi connectivity index (χ1n) is 9.26. The lowest BCUT2D eigenvalue weighted by atomic mass is 10.1. The average Bonchev–Trinajstić information content (AvgIpc) is 2.79. The average molecular weight is 402 g/mol. The van der Waals surface area contributed by atoms with Gasteiger partial charge in [0.15, 0.2) is 0 Å². The Morgan fingerprint density at radius 2 is 1.40 bits per heavy atom. The summed E-state index contributed by atoms with van der Waals surface area (Å²) in [5.74, 6) is 0.882. The summed E-state index contributed by atoms with van der Waals surface area (Å²) < 4.78 is 10.4. The fourth-order valence-electron chi connectivity index (χ4n) is 2.74. The number of hydrogen-bond acceptors (Lipinski definition) is 4. The second-order valence-electron chi connectivity index (χ2n) is 6.32. The van der Waals surface area contributed by atoms with Crippen molar-refractivity contribution in [2.75, 3.05) is 24.9 Å². The molecule has 30 heavy (non-hydrogen) atoms. The van der Waals surface area contributed by atoms with Gasteiger partial charge in [-0.15, -0.1) is 0 Å². The van der Waals surface area contributed by atoms with Crippen LogP contribution in [0.3, 0.4) is 0 Å². The molecule has 0 fully saturated rings. The van der Waals surface area contributed by atoms with Gasteiger partial charge in [-0.25, -0.2) is 0 Å². The molecule has 0 aromatic heterocycles. The van der Waals surface area contributed by atoms with Crippen LogP contribution in [-0.2, 0) is 4.79 Å². The van der Waals surface area contributed by atoms with Gasteiger partial charge in [0.2, 0.25) is 5.91 Å². The van der Waals surface area contributed by atoms with E-state index >= 15 is 0 Å². The molecular formula is C24H22N2O4. The van der Waals surface area contributed by atoms with Gasteiger partial charge in [-0.2, -0.15) is 0 Å². The summed E-state index contributed by atoms with van der Waals surface area (Å²) in [6.07, 6.45) is 3.12. The molecule has 0 atom stereocenters. The molecule has 6 nitrogen and oxygen atoms in total. The maximum absolute atomic E-state index is 12.4. The Balaban J connectivity index is 1.58. The SMILES string of the molecule is COc1ccc(NC(=O)c2ccc(NC(=O)C=Cc3ccccc3OC)cc2)cc1. The first-order chi connectivity index (χ1) is 14.6. The Labute approximate surface area is 175 Å². The van der Waals surface area contributed by atoms with Crippen LogP contribution in [0, 0.1) is 0 Å². The number of methoxy groups -OCH3 is 2. The molecule has 0 aliphatic carbocycles. The summed E-state index contributed by atoms with van der Waals surface area (Å²) in [6, 6.07) is 21.1. The molecule has 0 aliphatic rings. The van der Waals surface area contributed by atoms with Gasteiger partial charge in [-0.1, -0.05) is 18.2 Å². The van der Waals surface area contributed by atoms with Gasteiger partial charge in [0.05, 0.1) is 14.2 Å². The summed E-state index contributed by atoms with van der Waals surface area (Å²) in [5.41, 5.74) is 2.54. The number of benzene rings is 3. The Bertz CT molecular complexity index is 1040. The van der Waals surface area contributed by atoms with Crippen molar-refractivity contribution >= 4 is 29.3 Å². The minimum absolute atomic E-state index is 0.242. The lowest BCUT2D eigenvalue weighted by Gasteiger charge is -2.08. The maximum atomic E-state index is 12.4. The van der Waals surface area contributed by atoms with E-state index in [1.54, 1.807) is 68.8 Å². The van der Waals surface area contributed by atoms with E-state index < -0.39 is 0 Å². The first kappa shape index (κ1) is 20.7. The predicted molar refractivity (Wildman–Crippen MR) is 118 cm³/mol. The topological polar surface area (TPSA) is 76.7 Å². The smallest absolute Gasteiger partial charge is 0.255 e. The maximum Gasteiger partial charge on any atom is 0.255 e. The number of rotatable bonds is 7. The third-order valence-electron chi connectivity index (χ3n) is 4.32. The molecule has 0 heterocycles. The molecule has 0 radical (unpaired) electrons. The van der Waals surface area contributed by atoms with Crippen LogP contribution in [-0.4, -0.2) is 26.0 Å². The molecule has 152 valence electrons. The summed E-state index contributed by atoms with van der Waals surface area (Å²) in [6.45, 7) is 0. The summed E-state index contributed by atoms with van der Waals surface area (Å²) >= 11 is 0. The number of para-hydroxylation sites is 1. The highest BCUT2D eigenvalue weighted by molar-refractivity contribution is 6.05. The summed E-state index contributed by atoms with van der Waals surface area (Å²) in [7, 11) is 3.17. The molecule has 0 bridgehead atoms. The number of amides is 2. The number of anilines is 2. The van der Waals surface area contributed by atoms with E-state index in [9.17, 15) is 9.59 Å². The van der Waals surface area contributed by atoms with E-state index in [0.29, 0.717) is 28.4 Å². The number of hydrogen-bond donors (Lipinski definition) is 2. The molecule has 2 amide bonds. The van der Waals surface area contributed by atoms with E-state index in [0.717, 1.165) is 5.56 Å². The molecule has 3 aromatic carbocycles.